The van der Waals surface area contributed by atoms with E-state index in [2.05, 4.69) is 13.0 Å². The summed E-state index contributed by atoms with van der Waals surface area (Å²) in [6.45, 7) is 2.17. The molecule has 0 bridgehead atoms. The number of fused-ring (bicyclic) bond motifs is 1. The van der Waals surface area contributed by atoms with E-state index in [4.69, 9.17) is 9.47 Å². The van der Waals surface area contributed by atoms with Crippen LogP contribution in [0.2, 0.25) is 0 Å². The molecule has 4 rings (SSSR count). The zero-order valence-corrected chi connectivity index (χ0v) is 18.9. The number of ketones is 1. The zero-order chi connectivity index (χ0) is 21.8. The minimum atomic E-state index is 0.0451. The topological polar surface area (TPSA) is 35.5 Å². The first-order valence-electron chi connectivity index (χ1n) is 10.5. The van der Waals surface area contributed by atoms with Gasteiger partial charge in [-0.05, 0) is 72.5 Å². The molecule has 158 valence electrons. The van der Waals surface area contributed by atoms with E-state index >= 15 is 0 Å². The fraction of sp³-hybridized carbons (Fsp3) is 0.222. The molecule has 0 unspecified atom stereocenters. The highest BCUT2D eigenvalue weighted by Crippen LogP contribution is 2.40. The Morgan fingerprint density at radius 1 is 0.935 bits per heavy atom. The second kappa shape index (κ2) is 9.36. The number of hydrogen-bond acceptors (Lipinski definition) is 4. The Balaban J connectivity index is 1.84. The molecule has 0 aliphatic rings. The lowest BCUT2D eigenvalue weighted by molar-refractivity contribution is 0.104. The second-order valence-corrected chi connectivity index (χ2v) is 8.54. The van der Waals surface area contributed by atoms with Crippen LogP contribution in [0.1, 0.15) is 41.3 Å². The molecule has 0 aliphatic carbocycles. The Morgan fingerprint density at radius 2 is 1.71 bits per heavy atom. The first-order valence-corrected chi connectivity index (χ1v) is 11.4. The molecule has 3 nitrogen and oxygen atoms in total. The maximum absolute atomic E-state index is 13.8. The number of ether oxygens (including phenoxy) is 2. The lowest BCUT2D eigenvalue weighted by Crippen LogP contribution is -2.04. The smallest absolute Gasteiger partial charge is 0.195 e. The van der Waals surface area contributed by atoms with Crippen molar-refractivity contribution in [3.05, 3.63) is 83.4 Å². The highest BCUT2D eigenvalue weighted by molar-refractivity contribution is 7.22. The summed E-state index contributed by atoms with van der Waals surface area (Å²) in [4.78, 5) is 14.8. The number of rotatable bonds is 8. The molecule has 4 heteroatoms. The largest absolute Gasteiger partial charge is 0.497 e. The van der Waals surface area contributed by atoms with E-state index in [0.29, 0.717) is 5.56 Å². The molecule has 31 heavy (non-hydrogen) atoms. The molecule has 0 aliphatic heterocycles. The minimum absolute atomic E-state index is 0.0451. The van der Waals surface area contributed by atoms with Crippen molar-refractivity contribution in [3.8, 4) is 21.9 Å². The van der Waals surface area contributed by atoms with Gasteiger partial charge in [0, 0.05) is 26.1 Å². The van der Waals surface area contributed by atoms with Gasteiger partial charge in [-0.3, -0.25) is 4.79 Å². The maximum Gasteiger partial charge on any atom is 0.195 e. The molecule has 0 amide bonds. The maximum atomic E-state index is 13.8. The molecule has 4 aromatic rings. The summed E-state index contributed by atoms with van der Waals surface area (Å²) in [6, 6.07) is 21.8. The fourth-order valence-corrected chi connectivity index (χ4v) is 5.05. The van der Waals surface area contributed by atoms with Crippen molar-refractivity contribution in [3.63, 3.8) is 0 Å². The number of thiophene rings is 1. The van der Waals surface area contributed by atoms with Gasteiger partial charge >= 0.3 is 0 Å². The number of benzene rings is 3. The van der Waals surface area contributed by atoms with E-state index in [1.807, 2.05) is 60.7 Å². The van der Waals surface area contributed by atoms with Crippen LogP contribution in [0, 0.1) is 0 Å². The van der Waals surface area contributed by atoms with Crippen LogP contribution >= 0.6 is 11.3 Å². The summed E-state index contributed by atoms with van der Waals surface area (Å²) in [7, 11) is 3.34. The van der Waals surface area contributed by atoms with Crippen LogP contribution in [-0.2, 0) is 6.42 Å². The molecular formula is C27H26O3S. The van der Waals surface area contributed by atoms with E-state index in [9.17, 15) is 4.79 Å². The first-order chi connectivity index (χ1) is 15.2. The molecule has 3 aromatic carbocycles. The number of carbonyl (C=O) groups is 1. The summed E-state index contributed by atoms with van der Waals surface area (Å²) in [5, 5.41) is 0.995. The third kappa shape index (κ3) is 4.21. The molecule has 0 saturated heterocycles. The fourth-order valence-electron chi connectivity index (χ4n) is 3.84. The number of aryl methyl sites for hydroxylation is 1. The summed E-state index contributed by atoms with van der Waals surface area (Å²) < 4.78 is 11.9. The Morgan fingerprint density at radius 3 is 2.42 bits per heavy atom. The van der Waals surface area contributed by atoms with Gasteiger partial charge in [-0.1, -0.05) is 31.5 Å². The minimum Gasteiger partial charge on any atom is -0.497 e. The lowest BCUT2D eigenvalue weighted by Gasteiger charge is -2.11. The summed E-state index contributed by atoms with van der Waals surface area (Å²) in [6.07, 6.45) is 3.06. The highest BCUT2D eigenvalue weighted by atomic mass is 32.1. The van der Waals surface area contributed by atoms with E-state index < -0.39 is 0 Å². The first kappa shape index (κ1) is 21.1. The van der Waals surface area contributed by atoms with Crippen molar-refractivity contribution in [2.45, 2.75) is 26.2 Å². The molecule has 0 N–H and O–H groups in total. The predicted molar refractivity (Wildman–Crippen MR) is 129 cm³/mol. The average molecular weight is 431 g/mol. The Kier molecular flexibility index (Phi) is 6.38. The molecule has 1 aromatic heterocycles. The van der Waals surface area contributed by atoms with Gasteiger partial charge in [0.25, 0.3) is 0 Å². The molecule has 0 spiro atoms. The molecule has 1 heterocycles. The van der Waals surface area contributed by atoms with Gasteiger partial charge in [-0.2, -0.15) is 0 Å². The van der Waals surface area contributed by atoms with Crippen LogP contribution in [0.15, 0.2) is 66.7 Å². The van der Waals surface area contributed by atoms with Crippen molar-refractivity contribution in [2.75, 3.05) is 14.2 Å². The summed E-state index contributed by atoms with van der Waals surface area (Å²) >= 11 is 1.65. The van der Waals surface area contributed by atoms with Crippen LogP contribution in [0.25, 0.3) is 20.5 Å². The second-order valence-electron chi connectivity index (χ2n) is 7.49. The average Bonchev–Trinajstić information content (AvgIpc) is 3.21. The number of methoxy groups -OCH3 is 2. The quantitative estimate of drug-likeness (QED) is 0.278. The monoisotopic (exact) mass is 430 g/mol. The molecule has 0 radical (unpaired) electrons. The third-order valence-electron chi connectivity index (χ3n) is 5.52. The van der Waals surface area contributed by atoms with E-state index in [1.165, 1.54) is 0 Å². The lowest BCUT2D eigenvalue weighted by atomic mass is 9.95. The van der Waals surface area contributed by atoms with Crippen LogP contribution in [0.4, 0.5) is 0 Å². The van der Waals surface area contributed by atoms with Gasteiger partial charge in [0.1, 0.15) is 11.5 Å². The van der Waals surface area contributed by atoms with E-state index in [1.54, 1.807) is 25.6 Å². The molecule has 0 fully saturated rings. The van der Waals surface area contributed by atoms with E-state index in [0.717, 1.165) is 62.4 Å². The SMILES string of the molecule is CCCCc1cc(C(=O)c2c(-c3ccc(OC)cc3)sc3ccccc23)ccc1OC. The Labute approximate surface area is 187 Å². The van der Waals surface area contributed by atoms with Crippen molar-refractivity contribution < 1.29 is 14.3 Å². The summed E-state index contributed by atoms with van der Waals surface area (Å²) in [5.74, 6) is 1.69. The number of unbranched alkanes of at least 4 members (excludes halogenated alkanes) is 1. The highest BCUT2D eigenvalue weighted by Gasteiger charge is 2.22. The van der Waals surface area contributed by atoms with Crippen molar-refractivity contribution in [2.24, 2.45) is 0 Å². The third-order valence-corrected chi connectivity index (χ3v) is 6.74. The Hall–Kier alpha value is -3.11. The Bertz CT molecular complexity index is 1210. The zero-order valence-electron chi connectivity index (χ0n) is 18.1. The van der Waals surface area contributed by atoms with Gasteiger partial charge in [-0.25, -0.2) is 0 Å². The van der Waals surface area contributed by atoms with Gasteiger partial charge in [0.2, 0.25) is 0 Å². The normalized spacial score (nSPS) is 10.9. The van der Waals surface area contributed by atoms with Gasteiger partial charge in [0.05, 0.1) is 14.2 Å². The van der Waals surface area contributed by atoms with Crippen LogP contribution in [0.5, 0.6) is 11.5 Å². The predicted octanol–water partition coefficient (Wildman–Crippen LogP) is 7.16. The van der Waals surface area contributed by atoms with Crippen molar-refractivity contribution in [1.82, 2.24) is 0 Å². The van der Waals surface area contributed by atoms with E-state index in [-0.39, 0.29) is 5.78 Å². The van der Waals surface area contributed by atoms with Crippen LogP contribution < -0.4 is 9.47 Å². The summed E-state index contributed by atoms with van der Waals surface area (Å²) in [5.41, 5.74) is 3.56. The van der Waals surface area contributed by atoms with Gasteiger partial charge < -0.3 is 9.47 Å². The molecular weight excluding hydrogens is 404 g/mol. The van der Waals surface area contributed by atoms with Crippen LogP contribution in [0.3, 0.4) is 0 Å². The number of hydrogen-bond donors (Lipinski definition) is 0. The van der Waals surface area contributed by atoms with Gasteiger partial charge in [-0.15, -0.1) is 11.3 Å². The van der Waals surface area contributed by atoms with Crippen molar-refractivity contribution in [1.29, 1.82) is 0 Å². The molecule has 0 saturated carbocycles. The molecule has 0 atom stereocenters. The van der Waals surface area contributed by atoms with Crippen molar-refractivity contribution >= 4 is 27.2 Å². The van der Waals surface area contributed by atoms with Crippen LogP contribution in [-0.4, -0.2) is 20.0 Å². The standard InChI is InChI=1S/C27H26O3S/c1-4-5-8-19-17-20(13-16-23(19)30-3)26(28)25-22-9-6-7-10-24(22)31-27(25)18-11-14-21(29-2)15-12-18/h6-7,9-17H,4-5,8H2,1-3H3. The number of carbonyl (C=O) groups excluding carboxylic acids is 1. The van der Waals surface area contributed by atoms with Gasteiger partial charge in [0.15, 0.2) is 5.78 Å².